The number of amides is 1. The molecule has 0 unspecified atom stereocenters. The molecule has 14 heavy (non-hydrogen) atoms. The maximum absolute atomic E-state index is 12.1. The van der Waals surface area contributed by atoms with Crippen LogP contribution in [0, 0.1) is 0 Å². The number of benzene rings is 1. The lowest BCUT2D eigenvalue weighted by Crippen LogP contribution is -2.25. The first-order valence-electron chi connectivity index (χ1n) is 4.36. The summed E-state index contributed by atoms with van der Waals surface area (Å²) in [6, 6.07) is 5.49. The minimum Gasteiger partial charge on any atom is -0.332 e. The van der Waals surface area contributed by atoms with Crippen molar-refractivity contribution in [1.29, 1.82) is 0 Å². The minimum absolute atomic E-state index is 0.0704. The summed E-state index contributed by atoms with van der Waals surface area (Å²) >= 11 is 3.38. The summed E-state index contributed by atoms with van der Waals surface area (Å²) in [7, 11) is 0. The third kappa shape index (κ3) is 1.43. The lowest BCUT2D eigenvalue weighted by Gasteiger charge is -2.12. The quantitative estimate of drug-likeness (QED) is 0.797. The highest BCUT2D eigenvalue weighted by Gasteiger charge is 2.27. The minimum atomic E-state index is -0.489. The summed E-state index contributed by atoms with van der Waals surface area (Å²) in [6.07, 6.45) is 0. The Kier molecular flexibility index (Phi) is 2.54. The topological polar surface area (TPSA) is 20.3 Å². The van der Waals surface area contributed by atoms with Crippen molar-refractivity contribution in [2.45, 2.75) is 6.54 Å². The van der Waals surface area contributed by atoms with E-state index in [9.17, 15) is 9.18 Å². The van der Waals surface area contributed by atoms with E-state index in [1.807, 2.05) is 12.1 Å². The van der Waals surface area contributed by atoms with E-state index >= 15 is 0 Å². The number of alkyl halides is 1. The summed E-state index contributed by atoms with van der Waals surface area (Å²) in [6.45, 7) is 0.205. The molecule has 0 spiro atoms. The Morgan fingerprint density at radius 3 is 2.93 bits per heavy atom. The van der Waals surface area contributed by atoms with E-state index in [1.165, 1.54) is 4.90 Å². The number of hydrogen-bond acceptors (Lipinski definition) is 1. The number of halogens is 2. The fourth-order valence-electron chi connectivity index (χ4n) is 1.64. The monoisotopic (exact) mass is 257 g/mol. The van der Waals surface area contributed by atoms with Crippen LogP contribution in [0.4, 0.5) is 4.39 Å². The SMILES string of the molecule is O=C1c2cccc(Br)c2CN1CCF. The van der Waals surface area contributed by atoms with E-state index in [1.54, 1.807) is 6.07 Å². The largest absolute Gasteiger partial charge is 0.332 e. The predicted molar refractivity (Wildman–Crippen MR) is 54.9 cm³/mol. The van der Waals surface area contributed by atoms with Gasteiger partial charge < -0.3 is 4.90 Å². The van der Waals surface area contributed by atoms with E-state index < -0.39 is 6.67 Å². The lowest BCUT2D eigenvalue weighted by atomic mass is 10.1. The summed E-state index contributed by atoms with van der Waals surface area (Å²) < 4.78 is 13.1. The van der Waals surface area contributed by atoms with Crippen molar-refractivity contribution < 1.29 is 9.18 Å². The van der Waals surface area contributed by atoms with Crippen LogP contribution in [-0.4, -0.2) is 24.0 Å². The molecule has 2 rings (SSSR count). The summed E-state index contributed by atoms with van der Waals surface area (Å²) in [4.78, 5) is 13.2. The number of carbonyl (C=O) groups is 1. The second-order valence-corrected chi connectivity index (χ2v) is 4.04. The zero-order chi connectivity index (χ0) is 10.1. The highest BCUT2D eigenvalue weighted by molar-refractivity contribution is 9.10. The Balaban J connectivity index is 2.35. The molecule has 1 aliphatic rings. The molecule has 0 fully saturated rings. The van der Waals surface area contributed by atoms with Gasteiger partial charge in [0.05, 0.1) is 0 Å². The van der Waals surface area contributed by atoms with Crippen LogP contribution in [0.5, 0.6) is 0 Å². The Bertz CT molecular complexity index is 380. The maximum Gasteiger partial charge on any atom is 0.254 e. The van der Waals surface area contributed by atoms with Crippen LogP contribution in [0.15, 0.2) is 22.7 Å². The molecule has 1 heterocycles. The molecular weight excluding hydrogens is 249 g/mol. The highest BCUT2D eigenvalue weighted by atomic mass is 79.9. The molecule has 1 amide bonds. The van der Waals surface area contributed by atoms with Crippen LogP contribution in [0.2, 0.25) is 0 Å². The molecule has 0 N–H and O–H groups in total. The van der Waals surface area contributed by atoms with Gasteiger partial charge in [0.1, 0.15) is 6.67 Å². The van der Waals surface area contributed by atoms with Gasteiger partial charge in [-0.3, -0.25) is 4.79 Å². The van der Waals surface area contributed by atoms with Gasteiger partial charge in [-0.05, 0) is 17.7 Å². The summed E-state index contributed by atoms with van der Waals surface area (Å²) in [5.41, 5.74) is 1.65. The Morgan fingerprint density at radius 1 is 1.50 bits per heavy atom. The van der Waals surface area contributed by atoms with Crippen LogP contribution in [0.1, 0.15) is 15.9 Å². The standard InChI is InChI=1S/C10H9BrFNO/c11-9-3-1-2-7-8(9)6-13(5-4-12)10(7)14/h1-3H,4-6H2. The zero-order valence-electron chi connectivity index (χ0n) is 7.46. The molecule has 1 aliphatic heterocycles. The zero-order valence-corrected chi connectivity index (χ0v) is 9.05. The fraction of sp³-hybridized carbons (Fsp3) is 0.300. The number of nitrogens with zero attached hydrogens (tertiary/aromatic N) is 1. The number of carbonyl (C=O) groups excluding carboxylic acids is 1. The van der Waals surface area contributed by atoms with Crippen LogP contribution in [-0.2, 0) is 6.54 Å². The maximum atomic E-state index is 12.1. The average molecular weight is 258 g/mol. The van der Waals surface area contributed by atoms with Gasteiger partial charge in [-0.25, -0.2) is 4.39 Å². The second-order valence-electron chi connectivity index (χ2n) is 3.18. The van der Waals surface area contributed by atoms with Crippen LogP contribution < -0.4 is 0 Å². The molecule has 1 aromatic carbocycles. The average Bonchev–Trinajstić information content (AvgIpc) is 2.48. The van der Waals surface area contributed by atoms with Gasteiger partial charge >= 0.3 is 0 Å². The molecule has 74 valence electrons. The Hall–Kier alpha value is -0.900. The van der Waals surface area contributed by atoms with E-state index in [0.29, 0.717) is 12.1 Å². The van der Waals surface area contributed by atoms with E-state index in [4.69, 9.17) is 0 Å². The van der Waals surface area contributed by atoms with Gasteiger partial charge in [0.2, 0.25) is 0 Å². The van der Waals surface area contributed by atoms with Crippen molar-refractivity contribution >= 4 is 21.8 Å². The third-order valence-corrected chi connectivity index (χ3v) is 3.08. The smallest absolute Gasteiger partial charge is 0.254 e. The van der Waals surface area contributed by atoms with E-state index in [2.05, 4.69) is 15.9 Å². The van der Waals surface area contributed by atoms with Gasteiger partial charge in [0.15, 0.2) is 0 Å². The molecule has 2 nitrogen and oxygen atoms in total. The summed E-state index contributed by atoms with van der Waals surface area (Å²) in [5, 5.41) is 0. The molecule has 0 atom stereocenters. The van der Waals surface area contributed by atoms with Gasteiger partial charge in [-0.2, -0.15) is 0 Å². The fourth-order valence-corrected chi connectivity index (χ4v) is 2.13. The molecule has 0 bridgehead atoms. The van der Waals surface area contributed by atoms with Crippen molar-refractivity contribution in [3.8, 4) is 0 Å². The van der Waals surface area contributed by atoms with E-state index in [0.717, 1.165) is 10.0 Å². The van der Waals surface area contributed by atoms with Gasteiger partial charge in [0.25, 0.3) is 5.91 Å². The molecule has 0 saturated carbocycles. The third-order valence-electron chi connectivity index (χ3n) is 2.34. The van der Waals surface area contributed by atoms with Crippen LogP contribution in [0.25, 0.3) is 0 Å². The van der Waals surface area contributed by atoms with Crippen LogP contribution >= 0.6 is 15.9 Å². The molecule has 0 radical (unpaired) electrons. The second kappa shape index (κ2) is 3.69. The number of hydrogen-bond donors (Lipinski definition) is 0. The Labute approximate surface area is 89.8 Å². The lowest BCUT2D eigenvalue weighted by molar-refractivity contribution is 0.0768. The number of rotatable bonds is 2. The molecule has 0 aliphatic carbocycles. The molecular formula is C10H9BrFNO. The van der Waals surface area contributed by atoms with E-state index in [-0.39, 0.29) is 12.5 Å². The van der Waals surface area contributed by atoms with Crippen LogP contribution in [0.3, 0.4) is 0 Å². The normalized spacial score (nSPS) is 14.7. The van der Waals surface area contributed by atoms with Crippen molar-refractivity contribution in [3.05, 3.63) is 33.8 Å². The molecule has 0 aromatic heterocycles. The van der Waals surface area contributed by atoms with Gasteiger partial charge in [0, 0.05) is 23.1 Å². The van der Waals surface area contributed by atoms with Crippen molar-refractivity contribution in [2.24, 2.45) is 0 Å². The molecule has 0 saturated heterocycles. The first-order chi connectivity index (χ1) is 6.74. The highest BCUT2D eigenvalue weighted by Crippen LogP contribution is 2.28. The molecule has 1 aromatic rings. The van der Waals surface area contributed by atoms with Crippen molar-refractivity contribution in [1.82, 2.24) is 4.90 Å². The molecule has 4 heteroatoms. The number of fused-ring (bicyclic) bond motifs is 1. The predicted octanol–water partition coefficient (Wildman–Crippen LogP) is 2.37. The summed E-state index contributed by atoms with van der Waals surface area (Å²) in [5.74, 6) is -0.0704. The van der Waals surface area contributed by atoms with Gasteiger partial charge in [-0.1, -0.05) is 22.0 Å². The van der Waals surface area contributed by atoms with Crippen molar-refractivity contribution in [2.75, 3.05) is 13.2 Å². The Morgan fingerprint density at radius 2 is 2.29 bits per heavy atom. The first kappa shape index (κ1) is 9.65. The van der Waals surface area contributed by atoms with Crippen molar-refractivity contribution in [3.63, 3.8) is 0 Å². The first-order valence-corrected chi connectivity index (χ1v) is 5.16. The van der Waals surface area contributed by atoms with Gasteiger partial charge in [-0.15, -0.1) is 0 Å².